The lowest BCUT2D eigenvalue weighted by Crippen LogP contribution is -2.30. The molecule has 1 N–H and O–H groups in total. The zero-order valence-electron chi connectivity index (χ0n) is 19.4. The van der Waals surface area contributed by atoms with E-state index in [0.717, 1.165) is 9.44 Å². The number of nitriles is 1. The SMILES string of the molecule is CCOCCCn1c(O)c(C(=O)CCCN2C(=O)/C(=C/c3cccs3)SC2=S)c(C)c(C#N)c1=O. The highest BCUT2D eigenvalue weighted by atomic mass is 32.2. The predicted octanol–water partition coefficient (Wildman–Crippen LogP) is 4.09. The summed E-state index contributed by atoms with van der Waals surface area (Å²) < 4.78 is 6.75. The van der Waals surface area contributed by atoms with Gasteiger partial charge in [-0.1, -0.05) is 30.0 Å². The summed E-state index contributed by atoms with van der Waals surface area (Å²) in [5.41, 5.74) is -0.685. The van der Waals surface area contributed by atoms with Gasteiger partial charge in [0.25, 0.3) is 11.5 Å². The van der Waals surface area contributed by atoms with Gasteiger partial charge in [0.2, 0.25) is 5.88 Å². The minimum absolute atomic E-state index is 0.0114. The van der Waals surface area contributed by atoms with E-state index in [-0.39, 0.29) is 42.1 Å². The third-order valence-corrected chi connectivity index (χ3v) is 7.63. The second kappa shape index (κ2) is 12.3. The van der Waals surface area contributed by atoms with E-state index >= 15 is 0 Å². The van der Waals surface area contributed by atoms with Crippen molar-refractivity contribution < 1.29 is 19.4 Å². The highest BCUT2D eigenvalue weighted by Crippen LogP contribution is 2.33. The van der Waals surface area contributed by atoms with E-state index in [2.05, 4.69) is 0 Å². The van der Waals surface area contributed by atoms with Crippen molar-refractivity contribution in [3.63, 3.8) is 0 Å². The molecule has 0 radical (unpaired) electrons. The smallest absolute Gasteiger partial charge is 0.271 e. The van der Waals surface area contributed by atoms with Crippen LogP contribution in [0.4, 0.5) is 0 Å². The number of carbonyl (C=O) groups is 2. The molecule has 1 fully saturated rings. The number of Topliss-reactive ketones (excluding diaryl/α,β-unsaturated/α-hetero) is 1. The van der Waals surface area contributed by atoms with Crippen LogP contribution in [0.3, 0.4) is 0 Å². The van der Waals surface area contributed by atoms with Gasteiger partial charge >= 0.3 is 0 Å². The number of amides is 1. The van der Waals surface area contributed by atoms with Crippen molar-refractivity contribution in [2.75, 3.05) is 19.8 Å². The molecule has 1 saturated heterocycles. The van der Waals surface area contributed by atoms with Crippen LogP contribution in [0.15, 0.2) is 27.2 Å². The molecule has 2 aromatic heterocycles. The Hall–Kier alpha value is -2.78. The minimum atomic E-state index is -0.634. The van der Waals surface area contributed by atoms with E-state index in [1.807, 2.05) is 30.5 Å². The van der Waals surface area contributed by atoms with Gasteiger partial charge in [-0.15, -0.1) is 11.3 Å². The molecule has 3 heterocycles. The fraction of sp³-hybridized carbons (Fsp3) is 0.375. The lowest BCUT2D eigenvalue weighted by atomic mass is 9.99. The molecule has 8 nitrogen and oxygen atoms in total. The van der Waals surface area contributed by atoms with Gasteiger partial charge in [0, 0.05) is 37.6 Å². The van der Waals surface area contributed by atoms with E-state index in [1.165, 1.54) is 34.9 Å². The van der Waals surface area contributed by atoms with Crippen LogP contribution in [0, 0.1) is 18.3 Å². The van der Waals surface area contributed by atoms with E-state index in [9.17, 15) is 24.8 Å². The summed E-state index contributed by atoms with van der Waals surface area (Å²) in [7, 11) is 0. The largest absolute Gasteiger partial charge is 0.494 e. The number of nitrogens with zero attached hydrogens (tertiary/aromatic N) is 3. The second-order valence-electron chi connectivity index (χ2n) is 7.69. The number of aromatic nitrogens is 1. The Bertz CT molecular complexity index is 1260. The highest BCUT2D eigenvalue weighted by molar-refractivity contribution is 8.26. The number of carbonyl (C=O) groups excluding carboxylic acids is 2. The molecule has 0 unspecified atom stereocenters. The Morgan fingerprint density at radius 2 is 2.09 bits per heavy atom. The Morgan fingerprint density at radius 1 is 1.31 bits per heavy atom. The van der Waals surface area contributed by atoms with Crippen molar-refractivity contribution in [1.82, 2.24) is 9.47 Å². The fourth-order valence-corrected chi connectivity index (χ4v) is 5.71. The molecule has 0 bridgehead atoms. The van der Waals surface area contributed by atoms with Crippen LogP contribution >= 0.6 is 35.3 Å². The molecule has 1 amide bonds. The van der Waals surface area contributed by atoms with Crippen LogP contribution in [0.5, 0.6) is 5.88 Å². The van der Waals surface area contributed by atoms with Gasteiger partial charge in [-0.25, -0.2) is 0 Å². The van der Waals surface area contributed by atoms with E-state index in [4.69, 9.17) is 17.0 Å². The van der Waals surface area contributed by atoms with Crippen LogP contribution in [-0.4, -0.2) is 50.3 Å². The van der Waals surface area contributed by atoms with Gasteiger partial charge in [0.15, 0.2) is 5.78 Å². The number of thioether (sulfide) groups is 1. The number of ketones is 1. The lowest BCUT2D eigenvalue weighted by molar-refractivity contribution is -0.122. The van der Waals surface area contributed by atoms with Crippen molar-refractivity contribution in [2.45, 2.75) is 39.7 Å². The molecule has 0 spiro atoms. The summed E-state index contributed by atoms with van der Waals surface area (Å²) in [4.78, 5) is 41.4. The van der Waals surface area contributed by atoms with E-state index in [0.29, 0.717) is 35.3 Å². The molecule has 35 heavy (non-hydrogen) atoms. The molecular formula is C24H25N3O5S3. The first kappa shape index (κ1) is 26.8. The lowest BCUT2D eigenvalue weighted by Gasteiger charge is -2.17. The standard InChI is InChI=1S/C24H25N3O5S3/c1-3-32-11-6-10-26-21(29)17(14-25)15(2)20(23(26)31)18(28)8-4-9-27-22(30)19(35-24(27)33)13-16-7-5-12-34-16/h5,7,12-13,31H,3-4,6,8-11H2,1-2H3/b19-13-. The summed E-state index contributed by atoms with van der Waals surface area (Å²) in [6, 6.07) is 5.67. The molecule has 1 aliphatic heterocycles. The van der Waals surface area contributed by atoms with E-state index < -0.39 is 17.2 Å². The van der Waals surface area contributed by atoms with Crippen molar-refractivity contribution >= 4 is 57.4 Å². The number of thiocarbonyl (C=S) groups is 1. The third kappa shape index (κ3) is 6.08. The van der Waals surface area contributed by atoms with Crippen LogP contribution in [0.2, 0.25) is 0 Å². The Labute approximate surface area is 216 Å². The molecule has 184 valence electrons. The Morgan fingerprint density at radius 3 is 2.74 bits per heavy atom. The second-order valence-corrected chi connectivity index (χ2v) is 10.3. The van der Waals surface area contributed by atoms with Crippen LogP contribution in [0.1, 0.15) is 52.5 Å². The molecule has 11 heteroatoms. The molecule has 0 saturated carbocycles. The highest BCUT2D eigenvalue weighted by Gasteiger charge is 2.32. The van der Waals surface area contributed by atoms with Crippen molar-refractivity contribution in [2.24, 2.45) is 0 Å². The zero-order valence-corrected chi connectivity index (χ0v) is 21.9. The normalized spacial score (nSPS) is 14.7. The number of pyridine rings is 1. The number of hydrogen-bond donors (Lipinski definition) is 1. The Balaban J connectivity index is 1.72. The monoisotopic (exact) mass is 531 g/mol. The van der Waals surface area contributed by atoms with Gasteiger partial charge in [-0.2, -0.15) is 5.26 Å². The maximum atomic E-state index is 13.0. The molecule has 3 rings (SSSR count). The number of thiophene rings is 1. The summed E-state index contributed by atoms with van der Waals surface area (Å²) in [5, 5.41) is 22.2. The molecule has 0 aromatic carbocycles. The number of rotatable bonds is 11. The van der Waals surface area contributed by atoms with Crippen molar-refractivity contribution in [3.8, 4) is 11.9 Å². The van der Waals surface area contributed by atoms with Crippen molar-refractivity contribution in [3.05, 3.63) is 54.3 Å². The van der Waals surface area contributed by atoms with Gasteiger partial charge < -0.3 is 9.84 Å². The first-order valence-electron chi connectivity index (χ1n) is 11.1. The predicted molar refractivity (Wildman–Crippen MR) is 141 cm³/mol. The van der Waals surface area contributed by atoms with Crippen molar-refractivity contribution in [1.29, 1.82) is 5.26 Å². The summed E-state index contributed by atoms with van der Waals surface area (Å²) >= 11 is 8.10. The first-order valence-corrected chi connectivity index (χ1v) is 13.2. The van der Waals surface area contributed by atoms with Crippen LogP contribution in [0.25, 0.3) is 6.08 Å². The van der Waals surface area contributed by atoms with Gasteiger partial charge in [0.05, 0.1) is 10.5 Å². The summed E-state index contributed by atoms with van der Waals surface area (Å²) in [6.07, 6.45) is 2.56. The fourth-order valence-electron chi connectivity index (χ4n) is 3.68. The quantitative estimate of drug-likeness (QED) is 0.200. The summed E-state index contributed by atoms with van der Waals surface area (Å²) in [5.74, 6) is -1.05. The van der Waals surface area contributed by atoms with E-state index in [1.54, 1.807) is 6.08 Å². The number of ether oxygens (including phenoxy) is 1. The van der Waals surface area contributed by atoms with Crippen LogP contribution in [-0.2, 0) is 16.1 Å². The zero-order chi connectivity index (χ0) is 25.5. The topological polar surface area (TPSA) is 113 Å². The first-order chi connectivity index (χ1) is 16.8. The number of hydrogen-bond acceptors (Lipinski definition) is 9. The maximum Gasteiger partial charge on any atom is 0.271 e. The molecular weight excluding hydrogens is 506 g/mol. The van der Waals surface area contributed by atoms with Gasteiger partial charge in [-0.3, -0.25) is 23.9 Å². The molecule has 0 aliphatic carbocycles. The average molecular weight is 532 g/mol. The summed E-state index contributed by atoms with van der Waals surface area (Å²) in [6.45, 7) is 4.60. The maximum absolute atomic E-state index is 13.0. The molecule has 2 aromatic rings. The van der Waals surface area contributed by atoms with Crippen LogP contribution < -0.4 is 5.56 Å². The molecule has 1 aliphatic rings. The molecule has 0 atom stereocenters. The Kier molecular flexibility index (Phi) is 9.40. The van der Waals surface area contributed by atoms with Gasteiger partial charge in [-0.05, 0) is 49.8 Å². The third-order valence-electron chi connectivity index (χ3n) is 5.43. The van der Waals surface area contributed by atoms with Gasteiger partial charge in [0.1, 0.15) is 16.0 Å². The average Bonchev–Trinajstić information content (AvgIpc) is 3.42. The number of aromatic hydroxyl groups is 1. The minimum Gasteiger partial charge on any atom is -0.494 e.